The van der Waals surface area contributed by atoms with Crippen LogP contribution in [0.5, 0.6) is 0 Å². The Kier molecular flexibility index (Phi) is 4.78. The lowest BCUT2D eigenvalue weighted by Crippen LogP contribution is -2.37. The number of hydrogen-bond donors (Lipinski definition) is 2. The SMILES string of the molecule is Cc1ccc(CNC(=O)NCC2CCCc3ccccc32)s1. The summed E-state index contributed by atoms with van der Waals surface area (Å²) in [6.45, 7) is 3.40. The van der Waals surface area contributed by atoms with Crippen LogP contribution in [0, 0.1) is 6.92 Å². The molecule has 2 amide bonds. The molecule has 1 aromatic heterocycles. The zero-order chi connectivity index (χ0) is 15.4. The fourth-order valence-electron chi connectivity index (χ4n) is 3.09. The van der Waals surface area contributed by atoms with Crippen molar-refractivity contribution in [2.24, 2.45) is 0 Å². The van der Waals surface area contributed by atoms with Gasteiger partial charge in [0.1, 0.15) is 0 Å². The van der Waals surface area contributed by atoms with Gasteiger partial charge >= 0.3 is 6.03 Å². The van der Waals surface area contributed by atoms with Crippen LogP contribution in [0.2, 0.25) is 0 Å². The van der Waals surface area contributed by atoms with Crippen molar-refractivity contribution in [3.05, 3.63) is 57.3 Å². The standard InChI is InChI=1S/C18H22N2OS/c1-13-9-10-16(22-13)12-20-18(21)19-11-15-7-4-6-14-5-2-3-8-17(14)15/h2-3,5,8-10,15H,4,6-7,11-12H2,1H3,(H2,19,20,21). The van der Waals surface area contributed by atoms with Crippen molar-refractivity contribution >= 4 is 17.4 Å². The molecule has 0 saturated heterocycles. The fourth-order valence-corrected chi connectivity index (χ4v) is 3.92. The molecule has 1 aromatic carbocycles. The van der Waals surface area contributed by atoms with E-state index in [1.165, 1.54) is 27.3 Å². The number of thiophene rings is 1. The Balaban J connectivity index is 1.49. The number of nitrogens with one attached hydrogen (secondary N) is 2. The molecular formula is C18H22N2OS. The van der Waals surface area contributed by atoms with Crippen molar-refractivity contribution in [2.75, 3.05) is 6.54 Å². The maximum atomic E-state index is 12.0. The first-order valence-electron chi connectivity index (χ1n) is 7.87. The van der Waals surface area contributed by atoms with Crippen LogP contribution in [0.3, 0.4) is 0 Å². The predicted molar refractivity (Wildman–Crippen MR) is 91.4 cm³/mol. The van der Waals surface area contributed by atoms with E-state index in [2.05, 4.69) is 54.0 Å². The molecule has 0 aliphatic heterocycles. The lowest BCUT2D eigenvalue weighted by atomic mass is 9.83. The van der Waals surface area contributed by atoms with Crippen LogP contribution in [-0.4, -0.2) is 12.6 Å². The molecule has 3 rings (SSSR count). The number of fused-ring (bicyclic) bond motifs is 1. The van der Waals surface area contributed by atoms with Gasteiger partial charge in [-0.15, -0.1) is 11.3 Å². The van der Waals surface area contributed by atoms with Crippen molar-refractivity contribution in [3.63, 3.8) is 0 Å². The van der Waals surface area contributed by atoms with Crippen molar-refractivity contribution in [3.8, 4) is 0 Å². The summed E-state index contributed by atoms with van der Waals surface area (Å²) in [5.41, 5.74) is 2.85. The molecule has 116 valence electrons. The van der Waals surface area contributed by atoms with Gasteiger partial charge in [-0.1, -0.05) is 24.3 Å². The molecule has 1 aliphatic rings. The second-order valence-corrected chi connectivity index (χ2v) is 7.24. The Morgan fingerprint density at radius 2 is 2.09 bits per heavy atom. The molecule has 1 unspecified atom stereocenters. The summed E-state index contributed by atoms with van der Waals surface area (Å²) in [5, 5.41) is 5.96. The fraction of sp³-hybridized carbons (Fsp3) is 0.389. The number of urea groups is 1. The Hall–Kier alpha value is -1.81. The Morgan fingerprint density at radius 3 is 2.91 bits per heavy atom. The van der Waals surface area contributed by atoms with Crippen molar-refractivity contribution in [1.29, 1.82) is 0 Å². The number of amides is 2. The van der Waals surface area contributed by atoms with Crippen LogP contribution in [0.25, 0.3) is 0 Å². The summed E-state index contributed by atoms with van der Waals surface area (Å²) >= 11 is 1.72. The molecule has 1 aliphatic carbocycles. The zero-order valence-electron chi connectivity index (χ0n) is 12.9. The minimum Gasteiger partial charge on any atom is -0.338 e. The number of carbonyl (C=O) groups excluding carboxylic acids is 1. The third-order valence-corrected chi connectivity index (χ3v) is 5.22. The van der Waals surface area contributed by atoms with E-state index in [1.54, 1.807) is 11.3 Å². The highest BCUT2D eigenvalue weighted by Gasteiger charge is 2.20. The van der Waals surface area contributed by atoms with E-state index in [0.717, 1.165) is 12.8 Å². The molecule has 0 spiro atoms. The molecule has 1 atom stereocenters. The Morgan fingerprint density at radius 1 is 1.23 bits per heavy atom. The van der Waals surface area contributed by atoms with Gasteiger partial charge in [0.15, 0.2) is 0 Å². The summed E-state index contributed by atoms with van der Waals surface area (Å²) in [6, 6.07) is 12.7. The lowest BCUT2D eigenvalue weighted by molar-refractivity contribution is 0.239. The quantitative estimate of drug-likeness (QED) is 0.880. The molecule has 0 radical (unpaired) electrons. The Bertz CT molecular complexity index is 650. The van der Waals surface area contributed by atoms with Gasteiger partial charge in [-0.05, 0) is 49.4 Å². The van der Waals surface area contributed by atoms with Gasteiger partial charge in [-0.3, -0.25) is 0 Å². The molecule has 4 heteroatoms. The molecular weight excluding hydrogens is 292 g/mol. The maximum Gasteiger partial charge on any atom is 0.315 e. The topological polar surface area (TPSA) is 41.1 Å². The summed E-state index contributed by atoms with van der Waals surface area (Å²) < 4.78 is 0. The number of aryl methyl sites for hydroxylation is 2. The average molecular weight is 314 g/mol. The monoisotopic (exact) mass is 314 g/mol. The van der Waals surface area contributed by atoms with E-state index < -0.39 is 0 Å². The van der Waals surface area contributed by atoms with Crippen molar-refractivity contribution in [1.82, 2.24) is 10.6 Å². The third-order valence-electron chi connectivity index (χ3n) is 4.22. The van der Waals surface area contributed by atoms with E-state index in [4.69, 9.17) is 0 Å². The van der Waals surface area contributed by atoms with Crippen LogP contribution < -0.4 is 10.6 Å². The first-order chi connectivity index (χ1) is 10.7. The molecule has 0 bridgehead atoms. The van der Waals surface area contributed by atoms with Gasteiger partial charge in [-0.2, -0.15) is 0 Å². The van der Waals surface area contributed by atoms with Crippen LogP contribution >= 0.6 is 11.3 Å². The van der Waals surface area contributed by atoms with E-state index in [1.807, 2.05) is 0 Å². The van der Waals surface area contributed by atoms with Gasteiger partial charge in [0.2, 0.25) is 0 Å². The van der Waals surface area contributed by atoms with Crippen molar-refractivity contribution in [2.45, 2.75) is 38.6 Å². The Labute approximate surface area is 135 Å². The number of carbonyl (C=O) groups is 1. The van der Waals surface area contributed by atoms with Gasteiger partial charge in [0.05, 0.1) is 6.54 Å². The van der Waals surface area contributed by atoms with Gasteiger partial charge in [0.25, 0.3) is 0 Å². The van der Waals surface area contributed by atoms with Crippen LogP contribution in [0.15, 0.2) is 36.4 Å². The highest BCUT2D eigenvalue weighted by atomic mass is 32.1. The molecule has 3 nitrogen and oxygen atoms in total. The minimum absolute atomic E-state index is 0.0749. The molecule has 0 saturated carbocycles. The third kappa shape index (κ3) is 3.69. The molecule has 2 aromatic rings. The highest BCUT2D eigenvalue weighted by Crippen LogP contribution is 2.30. The number of hydrogen-bond acceptors (Lipinski definition) is 2. The smallest absolute Gasteiger partial charge is 0.315 e. The van der Waals surface area contributed by atoms with E-state index in [9.17, 15) is 4.79 Å². The van der Waals surface area contributed by atoms with E-state index >= 15 is 0 Å². The largest absolute Gasteiger partial charge is 0.338 e. The normalized spacial score (nSPS) is 16.9. The van der Waals surface area contributed by atoms with Crippen LogP contribution in [-0.2, 0) is 13.0 Å². The number of rotatable bonds is 4. The second-order valence-electron chi connectivity index (χ2n) is 5.86. The lowest BCUT2D eigenvalue weighted by Gasteiger charge is -2.25. The molecule has 0 fully saturated rings. The maximum absolute atomic E-state index is 12.0. The van der Waals surface area contributed by atoms with Gasteiger partial charge < -0.3 is 10.6 Å². The molecule has 22 heavy (non-hydrogen) atoms. The van der Waals surface area contributed by atoms with Crippen LogP contribution in [0.4, 0.5) is 4.79 Å². The second kappa shape index (κ2) is 6.97. The summed E-state index contributed by atoms with van der Waals surface area (Å²) in [5.74, 6) is 0.444. The van der Waals surface area contributed by atoms with Gasteiger partial charge in [0, 0.05) is 22.2 Å². The summed E-state index contributed by atoms with van der Waals surface area (Å²) in [7, 11) is 0. The summed E-state index contributed by atoms with van der Waals surface area (Å²) in [4.78, 5) is 14.4. The van der Waals surface area contributed by atoms with E-state index in [0.29, 0.717) is 19.0 Å². The number of benzene rings is 1. The van der Waals surface area contributed by atoms with E-state index in [-0.39, 0.29) is 6.03 Å². The van der Waals surface area contributed by atoms with Gasteiger partial charge in [-0.25, -0.2) is 4.79 Å². The zero-order valence-corrected chi connectivity index (χ0v) is 13.7. The van der Waals surface area contributed by atoms with Crippen molar-refractivity contribution < 1.29 is 4.79 Å². The average Bonchev–Trinajstić information content (AvgIpc) is 2.96. The summed E-state index contributed by atoms with van der Waals surface area (Å²) in [6.07, 6.45) is 3.53. The molecule has 2 N–H and O–H groups in total. The first-order valence-corrected chi connectivity index (χ1v) is 8.69. The first kappa shape index (κ1) is 15.1. The van der Waals surface area contributed by atoms with Crippen LogP contribution in [0.1, 0.15) is 39.6 Å². The molecule has 1 heterocycles. The minimum atomic E-state index is -0.0749. The predicted octanol–water partition coefficient (Wildman–Crippen LogP) is 3.98. The highest BCUT2D eigenvalue weighted by molar-refractivity contribution is 7.11.